The fourth-order valence-electron chi connectivity index (χ4n) is 1.43. The topological polar surface area (TPSA) is 44.4 Å². The Balaban J connectivity index is 2.29. The maximum Gasteiger partial charge on any atom is 0.257 e. The highest BCUT2D eigenvalue weighted by molar-refractivity contribution is 14.1. The number of rotatable bonds is 0. The van der Waals surface area contributed by atoms with Gasteiger partial charge in [0.2, 0.25) is 0 Å². The third kappa shape index (κ3) is 1.07. The van der Waals surface area contributed by atoms with Crippen LogP contribution in [0.25, 0.3) is 0 Å². The highest BCUT2D eigenvalue weighted by Crippen LogP contribution is 2.25. The summed E-state index contributed by atoms with van der Waals surface area (Å²) in [4.78, 5) is 11.3. The molecule has 0 aromatic carbocycles. The Morgan fingerprint density at radius 2 is 2.50 bits per heavy atom. The van der Waals surface area contributed by atoms with Crippen molar-refractivity contribution in [2.24, 2.45) is 0 Å². The molecule has 5 heteroatoms. The van der Waals surface area contributed by atoms with E-state index in [-0.39, 0.29) is 9.83 Å². The smallest absolute Gasteiger partial charge is 0.257 e. The minimum atomic E-state index is -0.0437. The van der Waals surface area contributed by atoms with E-state index in [9.17, 15) is 4.79 Å². The van der Waals surface area contributed by atoms with Crippen LogP contribution in [-0.4, -0.2) is 27.4 Å². The average Bonchev–Trinajstić information content (AvgIpc) is 2.32. The van der Waals surface area contributed by atoms with Crippen molar-refractivity contribution in [3.63, 3.8) is 0 Å². The normalized spacial score (nSPS) is 33.7. The molecule has 2 rings (SSSR count). The van der Waals surface area contributed by atoms with Crippen LogP contribution in [-0.2, 0) is 4.79 Å². The van der Waals surface area contributed by atoms with Crippen molar-refractivity contribution in [1.82, 2.24) is 15.8 Å². The average molecular weight is 279 g/mol. The Hall–Kier alpha value is -0.460. The number of hydrogen-bond donors (Lipinski definition) is 2. The van der Waals surface area contributed by atoms with Crippen LogP contribution in [0.3, 0.4) is 0 Å². The standard InChI is InChI=1S/C7H10IN3O/c1-4-2-9-3-5-6(8)7(12)10-11(4)5/h3-4,6,9H,2H2,1H3,(H,10,12)/t4?,6-/m1/s1. The Labute approximate surface area is 84.5 Å². The first-order valence-electron chi connectivity index (χ1n) is 3.87. The van der Waals surface area contributed by atoms with Gasteiger partial charge < -0.3 is 5.32 Å². The molecule has 66 valence electrons. The van der Waals surface area contributed by atoms with Crippen molar-refractivity contribution < 1.29 is 4.79 Å². The van der Waals surface area contributed by atoms with Crippen molar-refractivity contribution in [3.05, 3.63) is 11.9 Å². The van der Waals surface area contributed by atoms with Gasteiger partial charge in [-0.05, 0) is 6.92 Å². The van der Waals surface area contributed by atoms with Crippen molar-refractivity contribution in [3.8, 4) is 0 Å². The van der Waals surface area contributed by atoms with Crippen LogP contribution in [0.15, 0.2) is 11.9 Å². The number of halogens is 1. The largest absolute Gasteiger partial charge is 0.387 e. The minimum Gasteiger partial charge on any atom is -0.387 e. The van der Waals surface area contributed by atoms with Crippen LogP contribution in [0, 0.1) is 0 Å². The van der Waals surface area contributed by atoms with E-state index in [2.05, 4.69) is 40.3 Å². The predicted molar refractivity (Wildman–Crippen MR) is 53.3 cm³/mol. The van der Waals surface area contributed by atoms with Crippen molar-refractivity contribution in [1.29, 1.82) is 0 Å². The maximum atomic E-state index is 11.3. The zero-order valence-corrected chi connectivity index (χ0v) is 8.83. The van der Waals surface area contributed by atoms with Crippen LogP contribution < -0.4 is 10.7 Å². The summed E-state index contributed by atoms with van der Waals surface area (Å²) in [5.41, 5.74) is 3.88. The summed E-state index contributed by atoms with van der Waals surface area (Å²) in [7, 11) is 0. The molecule has 2 atom stereocenters. The van der Waals surface area contributed by atoms with Crippen LogP contribution in [0.2, 0.25) is 0 Å². The molecule has 1 unspecified atom stereocenters. The summed E-state index contributed by atoms with van der Waals surface area (Å²) in [5.74, 6) is 0.0809. The van der Waals surface area contributed by atoms with Gasteiger partial charge in [-0.15, -0.1) is 0 Å². The van der Waals surface area contributed by atoms with E-state index in [1.807, 2.05) is 11.2 Å². The highest BCUT2D eigenvalue weighted by Gasteiger charge is 2.37. The molecule has 0 bridgehead atoms. The fourth-order valence-corrected chi connectivity index (χ4v) is 2.05. The molecule has 1 amide bonds. The van der Waals surface area contributed by atoms with Gasteiger partial charge in [0.25, 0.3) is 5.91 Å². The van der Waals surface area contributed by atoms with Gasteiger partial charge in [-0.2, -0.15) is 0 Å². The number of fused-ring (bicyclic) bond motifs is 1. The number of hydrazine groups is 1. The van der Waals surface area contributed by atoms with Crippen LogP contribution in [0.4, 0.5) is 0 Å². The lowest BCUT2D eigenvalue weighted by molar-refractivity contribution is -0.120. The zero-order chi connectivity index (χ0) is 8.72. The van der Waals surface area contributed by atoms with E-state index in [0.717, 1.165) is 12.2 Å². The van der Waals surface area contributed by atoms with Gasteiger partial charge in [0.1, 0.15) is 3.92 Å². The quantitative estimate of drug-likeness (QED) is 0.483. The molecular formula is C7H10IN3O. The lowest BCUT2D eigenvalue weighted by atomic mass is 10.2. The van der Waals surface area contributed by atoms with Gasteiger partial charge in [-0.1, -0.05) is 22.6 Å². The fraction of sp³-hybridized carbons (Fsp3) is 0.571. The first-order chi connectivity index (χ1) is 5.70. The maximum absolute atomic E-state index is 11.3. The number of nitrogens with one attached hydrogen (secondary N) is 2. The van der Waals surface area contributed by atoms with Crippen LogP contribution >= 0.6 is 22.6 Å². The number of amides is 1. The molecule has 0 aliphatic carbocycles. The van der Waals surface area contributed by atoms with Crippen molar-refractivity contribution in [2.45, 2.75) is 16.9 Å². The lowest BCUT2D eigenvalue weighted by Crippen LogP contribution is -2.46. The van der Waals surface area contributed by atoms with Gasteiger partial charge in [0, 0.05) is 12.7 Å². The number of nitrogens with zero attached hydrogens (tertiary/aromatic N) is 1. The summed E-state index contributed by atoms with van der Waals surface area (Å²) in [6, 6.07) is 0.341. The summed E-state index contributed by atoms with van der Waals surface area (Å²) in [5, 5.41) is 5.10. The van der Waals surface area contributed by atoms with Gasteiger partial charge in [-0.3, -0.25) is 15.2 Å². The second-order valence-corrected chi connectivity index (χ2v) is 4.28. The molecular weight excluding hydrogens is 269 g/mol. The van der Waals surface area contributed by atoms with Crippen LogP contribution in [0.1, 0.15) is 6.92 Å². The molecule has 2 aliphatic rings. The zero-order valence-electron chi connectivity index (χ0n) is 6.67. The number of alkyl halides is 1. The van der Waals surface area contributed by atoms with E-state index in [1.54, 1.807) is 0 Å². The molecule has 1 fully saturated rings. The Morgan fingerprint density at radius 3 is 3.17 bits per heavy atom. The minimum absolute atomic E-state index is 0.0437. The SMILES string of the molecule is CC1CNC=C2[C@@H](I)C(=O)NN21. The Morgan fingerprint density at radius 1 is 1.75 bits per heavy atom. The third-order valence-corrected chi connectivity index (χ3v) is 3.31. The number of carbonyl (C=O) groups excluding carboxylic acids is 1. The first kappa shape index (κ1) is 8.15. The molecule has 1 saturated heterocycles. The highest BCUT2D eigenvalue weighted by atomic mass is 127. The monoisotopic (exact) mass is 279 g/mol. The van der Waals surface area contributed by atoms with Crippen molar-refractivity contribution >= 4 is 28.5 Å². The Bertz CT molecular complexity index is 253. The summed E-state index contributed by atoms with van der Waals surface area (Å²) in [6.07, 6.45) is 1.91. The Kier molecular flexibility index (Phi) is 1.90. The second-order valence-electron chi connectivity index (χ2n) is 3.04. The number of carbonyl (C=O) groups is 1. The first-order valence-corrected chi connectivity index (χ1v) is 5.12. The predicted octanol–water partition coefficient (Wildman–Crippen LogP) is -0.0301. The summed E-state index contributed by atoms with van der Waals surface area (Å²) >= 11 is 2.14. The molecule has 0 aromatic rings. The second kappa shape index (κ2) is 2.79. The molecule has 4 nitrogen and oxygen atoms in total. The van der Waals surface area contributed by atoms with E-state index in [1.165, 1.54) is 0 Å². The molecule has 0 radical (unpaired) electrons. The summed E-state index contributed by atoms with van der Waals surface area (Å²) in [6.45, 7) is 2.96. The lowest BCUT2D eigenvalue weighted by Gasteiger charge is -2.30. The molecule has 2 aliphatic heterocycles. The molecule has 0 aromatic heterocycles. The molecule has 12 heavy (non-hydrogen) atoms. The molecule has 0 spiro atoms. The summed E-state index contributed by atoms with van der Waals surface area (Å²) < 4.78 is -0.0437. The van der Waals surface area contributed by atoms with Gasteiger partial charge in [0.05, 0.1) is 11.7 Å². The van der Waals surface area contributed by atoms with Gasteiger partial charge >= 0.3 is 0 Å². The third-order valence-electron chi connectivity index (χ3n) is 2.10. The van der Waals surface area contributed by atoms with E-state index in [4.69, 9.17) is 0 Å². The van der Waals surface area contributed by atoms with E-state index >= 15 is 0 Å². The number of hydrogen-bond acceptors (Lipinski definition) is 3. The van der Waals surface area contributed by atoms with E-state index < -0.39 is 0 Å². The van der Waals surface area contributed by atoms with Crippen LogP contribution in [0.5, 0.6) is 0 Å². The van der Waals surface area contributed by atoms with E-state index in [0.29, 0.717) is 6.04 Å². The molecule has 0 saturated carbocycles. The molecule has 2 heterocycles. The van der Waals surface area contributed by atoms with Crippen molar-refractivity contribution in [2.75, 3.05) is 6.54 Å². The molecule has 2 N–H and O–H groups in total. The van der Waals surface area contributed by atoms with Gasteiger partial charge in [-0.25, -0.2) is 0 Å². The van der Waals surface area contributed by atoms with Gasteiger partial charge in [0.15, 0.2) is 0 Å².